The highest BCUT2D eigenvalue weighted by molar-refractivity contribution is 9.10. The van der Waals surface area contributed by atoms with Crippen molar-refractivity contribution < 1.29 is 4.74 Å². The van der Waals surface area contributed by atoms with Crippen molar-refractivity contribution >= 4 is 32.5 Å². The first kappa shape index (κ1) is 13.8. The number of rotatable bonds is 3. The number of hydrogen-bond acceptors (Lipinski definition) is 4. The van der Waals surface area contributed by atoms with Gasteiger partial charge in [0.1, 0.15) is 0 Å². The van der Waals surface area contributed by atoms with E-state index < -0.39 is 0 Å². The molecule has 3 N–H and O–H groups in total. The zero-order chi connectivity index (χ0) is 14.2. The zero-order valence-electron chi connectivity index (χ0n) is 11.4. The molecule has 0 spiro atoms. The first-order valence-electron chi connectivity index (χ1n) is 6.79. The third-order valence-corrected chi connectivity index (χ3v) is 4.55. The van der Waals surface area contributed by atoms with Gasteiger partial charge in [0.25, 0.3) is 0 Å². The van der Waals surface area contributed by atoms with Gasteiger partial charge in [0.05, 0.1) is 22.8 Å². The average Bonchev–Trinajstić information content (AvgIpc) is 2.80. The highest BCUT2D eigenvalue weighted by Crippen LogP contribution is 2.32. The van der Waals surface area contributed by atoms with E-state index in [1.165, 1.54) is 0 Å². The van der Waals surface area contributed by atoms with Crippen molar-refractivity contribution in [1.82, 2.24) is 4.98 Å². The molecule has 0 saturated carbocycles. The van der Waals surface area contributed by atoms with E-state index in [-0.39, 0.29) is 11.6 Å². The molecule has 2 atom stereocenters. The molecule has 0 aliphatic carbocycles. The summed E-state index contributed by atoms with van der Waals surface area (Å²) in [5, 5.41) is 4.69. The van der Waals surface area contributed by atoms with Crippen molar-refractivity contribution in [2.24, 2.45) is 5.73 Å². The summed E-state index contributed by atoms with van der Waals surface area (Å²) in [6.07, 6.45) is 2.83. The molecule has 0 bridgehead atoms. The summed E-state index contributed by atoms with van der Waals surface area (Å²) >= 11 is 3.46. The van der Waals surface area contributed by atoms with Crippen molar-refractivity contribution in [3.63, 3.8) is 0 Å². The predicted molar refractivity (Wildman–Crippen MR) is 84.9 cm³/mol. The fourth-order valence-corrected chi connectivity index (χ4v) is 3.12. The minimum absolute atomic E-state index is 0.0956. The van der Waals surface area contributed by atoms with Gasteiger partial charge in [0.15, 0.2) is 0 Å². The van der Waals surface area contributed by atoms with Crippen LogP contribution < -0.4 is 11.1 Å². The lowest BCUT2D eigenvalue weighted by Crippen LogP contribution is -2.50. The van der Waals surface area contributed by atoms with Gasteiger partial charge >= 0.3 is 0 Å². The van der Waals surface area contributed by atoms with Gasteiger partial charge in [-0.3, -0.25) is 4.98 Å². The van der Waals surface area contributed by atoms with Crippen LogP contribution in [0.3, 0.4) is 0 Å². The van der Waals surface area contributed by atoms with Gasteiger partial charge in [-0.2, -0.15) is 0 Å². The van der Waals surface area contributed by atoms with Crippen LogP contribution in [0.15, 0.2) is 34.9 Å². The number of nitrogens with two attached hydrogens (primary N) is 1. The summed E-state index contributed by atoms with van der Waals surface area (Å²) < 4.78 is 6.67. The molecule has 1 saturated heterocycles. The fourth-order valence-electron chi connectivity index (χ4n) is 2.77. The van der Waals surface area contributed by atoms with Gasteiger partial charge in [0, 0.05) is 29.2 Å². The summed E-state index contributed by atoms with van der Waals surface area (Å²) in [6, 6.07) is 8.20. The van der Waals surface area contributed by atoms with E-state index in [4.69, 9.17) is 10.5 Å². The molecule has 2 unspecified atom stereocenters. The first-order chi connectivity index (χ1) is 9.64. The Kier molecular flexibility index (Phi) is 3.67. The summed E-state index contributed by atoms with van der Waals surface area (Å²) in [5.41, 5.74) is 7.77. The summed E-state index contributed by atoms with van der Waals surface area (Å²) in [4.78, 5) is 4.52. The number of aromatic nitrogens is 1. The monoisotopic (exact) mass is 335 g/mol. The summed E-state index contributed by atoms with van der Waals surface area (Å²) in [5.74, 6) is 0. The van der Waals surface area contributed by atoms with Crippen molar-refractivity contribution in [3.05, 3.63) is 34.9 Å². The summed E-state index contributed by atoms with van der Waals surface area (Å²) in [6.45, 7) is 3.36. The van der Waals surface area contributed by atoms with Crippen LogP contribution in [0, 0.1) is 0 Å². The van der Waals surface area contributed by atoms with Crippen LogP contribution in [-0.2, 0) is 4.74 Å². The van der Waals surface area contributed by atoms with E-state index in [9.17, 15) is 0 Å². The molecule has 5 heteroatoms. The second-order valence-electron chi connectivity index (χ2n) is 5.28. The fraction of sp³-hybridized carbons (Fsp3) is 0.400. The number of nitrogens with one attached hydrogen (secondary N) is 1. The van der Waals surface area contributed by atoms with E-state index in [2.05, 4.69) is 45.3 Å². The first-order valence-corrected chi connectivity index (χ1v) is 7.58. The van der Waals surface area contributed by atoms with Crippen molar-refractivity contribution in [1.29, 1.82) is 0 Å². The SMILES string of the molecule is CC1OCCC1(CN)Nc1cccc2cc(Br)cnc12. The number of ether oxygens (including phenoxy) is 1. The number of fused-ring (bicyclic) bond motifs is 1. The van der Waals surface area contributed by atoms with E-state index in [1.807, 2.05) is 18.3 Å². The molecular weight excluding hydrogens is 318 g/mol. The van der Waals surface area contributed by atoms with Crippen LogP contribution in [0.25, 0.3) is 10.9 Å². The van der Waals surface area contributed by atoms with E-state index in [1.54, 1.807) is 0 Å². The number of para-hydroxylation sites is 1. The second-order valence-corrected chi connectivity index (χ2v) is 6.19. The van der Waals surface area contributed by atoms with Gasteiger partial charge < -0.3 is 15.8 Å². The Bertz CT molecular complexity index is 634. The van der Waals surface area contributed by atoms with Gasteiger partial charge in [-0.25, -0.2) is 0 Å². The Balaban J connectivity index is 2.02. The van der Waals surface area contributed by atoms with Gasteiger partial charge in [-0.05, 0) is 41.4 Å². The van der Waals surface area contributed by atoms with Crippen LogP contribution in [0.2, 0.25) is 0 Å². The molecule has 1 fully saturated rings. The van der Waals surface area contributed by atoms with Crippen LogP contribution in [0.4, 0.5) is 5.69 Å². The molecule has 1 aromatic heterocycles. The highest BCUT2D eigenvalue weighted by atomic mass is 79.9. The Labute approximate surface area is 126 Å². The molecule has 106 valence electrons. The van der Waals surface area contributed by atoms with Crippen LogP contribution >= 0.6 is 15.9 Å². The van der Waals surface area contributed by atoms with Gasteiger partial charge in [-0.1, -0.05) is 12.1 Å². The molecule has 4 nitrogen and oxygen atoms in total. The largest absolute Gasteiger partial charge is 0.376 e. The van der Waals surface area contributed by atoms with E-state index in [0.29, 0.717) is 6.54 Å². The lowest BCUT2D eigenvalue weighted by molar-refractivity contribution is 0.103. The van der Waals surface area contributed by atoms with Gasteiger partial charge in [-0.15, -0.1) is 0 Å². The molecule has 0 radical (unpaired) electrons. The molecular formula is C15H18BrN3O. The van der Waals surface area contributed by atoms with Crippen LogP contribution in [0.5, 0.6) is 0 Å². The van der Waals surface area contributed by atoms with E-state index in [0.717, 1.165) is 34.1 Å². The van der Waals surface area contributed by atoms with Crippen molar-refractivity contribution in [2.75, 3.05) is 18.5 Å². The van der Waals surface area contributed by atoms with Gasteiger partial charge in [0.2, 0.25) is 0 Å². The number of benzene rings is 1. The maximum atomic E-state index is 6.00. The lowest BCUT2D eigenvalue weighted by Gasteiger charge is -2.33. The second kappa shape index (κ2) is 5.31. The Hall–Kier alpha value is -1.17. The van der Waals surface area contributed by atoms with Crippen LogP contribution in [-0.4, -0.2) is 29.8 Å². The predicted octanol–water partition coefficient (Wildman–Crippen LogP) is 2.92. The molecule has 20 heavy (non-hydrogen) atoms. The van der Waals surface area contributed by atoms with Crippen molar-refractivity contribution in [2.45, 2.75) is 25.0 Å². The summed E-state index contributed by atoms with van der Waals surface area (Å²) in [7, 11) is 0. The molecule has 1 aromatic carbocycles. The number of anilines is 1. The quantitative estimate of drug-likeness (QED) is 0.905. The molecule has 3 rings (SSSR count). The Morgan fingerprint density at radius 2 is 2.40 bits per heavy atom. The Morgan fingerprint density at radius 1 is 1.55 bits per heavy atom. The zero-order valence-corrected chi connectivity index (χ0v) is 13.0. The normalized spacial score (nSPS) is 26.1. The third kappa shape index (κ3) is 2.30. The average molecular weight is 336 g/mol. The molecule has 0 amide bonds. The molecule has 1 aliphatic heterocycles. The minimum Gasteiger partial charge on any atom is -0.376 e. The molecule has 1 aliphatic rings. The number of halogens is 1. The van der Waals surface area contributed by atoms with Crippen molar-refractivity contribution in [3.8, 4) is 0 Å². The standard InChI is InChI=1S/C15H18BrN3O/c1-10-15(9-17,5-6-20-10)19-13-4-2-3-11-7-12(16)8-18-14(11)13/h2-4,7-8,10,19H,5-6,9,17H2,1H3. The van der Waals surface area contributed by atoms with E-state index >= 15 is 0 Å². The topological polar surface area (TPSA) is 60.2 Å². The number of pyridine rings is 1. The minimum atomic E-state index is -0.205. The maximum Gasteiger partial charge on any atom is 0.0934 e. The third-order valence-electron chi connectivity index (χ3n) is 4.12. The smallest absolute Gasteiger partial charge is 0.0934 e. The Morgan fingerprint density at radius 3 is 3.10 bits per heavy atom. The highest BCUT2D eigenvalue weighted by Gasteiger charge is 2.40. The lowest BCUT2D eigenvalue weighted by atomic mass is 9.91. The molecule has 2 heterocycles. The number of nitrogens with zero attached hydrogens (tertiary/aromatic N) is 1. The van der Waals surface area contributed by atoms with Crippen LogP contribution in [0.1, 0.15) is 13.3 Å². The maximum absolute atomic E-state index is 6.00. The molecule has 2 aromatic rings. The number of hydrogen-bond donors (Lipinski definition) is 2.